The highest BCUT2D eigenvalue weighted by Crippen LogP contribution is 2.53. The van der Waals surface area contributed by atoms with Crippen LogP contribution in [0.2, 0.25) is 0 Å². The Hall–Kier alpha value is -2.74. The van der Waals surface area contributed by atoms with Crippen molar-refractivity contribution < 1.29 is 23.9 Å². The van der Waals surface area contributed by atoms with E-state index in [1.165, 1.54) is 23.5 Å². The maximum absolute atomic E-state index is 13.3. The number of halogens is 1. The number of benzene rings is 1. The molecule has 0 unspecified atom stereocenters. The van der Waals surface area contributed by atoms with Gasteiger partial charge in [-0.2, -0.15) is 0 Å². The van der Waals surface area contributed by atoms with E-state index in [-0.39, 0.29) is 23.3 Å². The van der Waals surface area contributed by atoms with Gasteiger partial charge in [-0.05, 0) is 55.7 Å². The average Bonchev–Trinajstić information content (AvgIpc) is 3.35. The number of carboxylic acid groups (broad SMARTS) is 1. The van der Waals surface area contributed by atoms with Gasteiger partial charge >= 0.3 is 5.97 Å². The number of fused-ring (bicyclic) bond motifs is 2. The van der Waals surface area contributed by atoms with Crippen molar-refractivity contribution in [1.82, 2.24) is 0 Å². The molecule has 0 saturated heterocycles. The van der Waals surface area contributed by atoms with Gasteiger partial charge in [0.25, 0.3) is 5.91 Å². The van der Waals surface area contributed by atoms with Crippen LogP contribution in [0.25, 0.3) is 11.1 Å². The summed E-state index contributed by atoms with van der Waals surface area (Å²) in [6, 6.07) is 5.70. The van der Waals surface area contributed by atoms with Gasteiger partial charge in [0.15, 0.2) is 0 Å². The van der Waals surface area contributed by atoms with Crippen LogP contribution in [-0.2, 0) is 9.59 Å². The molecule has 2 fully saturated rings. The van der Waals surface area contributed by atoms with Gasteiger partial charge in [0.2, 0.25) is 5.91 Å². The van der Waals surface area contributed by atoms with Gasteiger partial charge in [-0.25, -0.2) is 4.39 Å². The van der Waals surface area contributed by atoms with Crippen LogP contribution in [-0.4, -0.2) is 22.9 Å². The lowest BCUT2D eigenvalue weighted by Gasteiger charge is -2.26. The maximum atomic E-state index is 13.3. The zero-order valence-corrected chi connectivity index (χ0v) is 16.6. The zero-order valence-electron chi connectivity index (χ0n) is 15.8. The lowest BCUT2D eigenvalue weighted by Crippen LogP contribution is -2.38. The van der Waals surface area contributed by atoms with E-state index in [0.29, 0.717) is 16.1 Å². The number of carboxylic acids is 1. The highest BCUT2D eigenvalue weighted by Gasteiger charge is 2.54. The first kappa shape index (κ1) is 19.6. The highest BCUT2D eigenvalue weighted by atomic mass is 32.1. The van der Waals surface area contributed by atoms with Crippen LogP contribution in [0.4, 0.5) is 9.39 Å². The number of primary amides is 1. The van der Waals surface area contributed by atoms with Crippen LogP contribution in [0, 0.1) is 36.4 Å². The number of carbonyl (C=O) groups excluding carboxylic acids is 2. The number of aliphatic carboxylic acids is 1. The molecule has 2 bridgehead atoms. The number of hydrogen-bond donors (Lipinski definition) is 3. The fourth-order valence-corrected chi connectivity index (χ4v) is 6.14. The molecule has 0 aliphatic heterocycles. The maximum Gasteiger partial charge on any atom is 0.307 e. The Labute approximate surface area is 170 Å². The van der Waals surface area contributed by atoms with Crippen LogP contribution >= 0.6 is 11.3 Å². The minimum absolute atomic E-state index is 0.0312. The van der Waals surface area contributed by atoms with Crippen LogP contribution in [0.15, 0.2) is 24.3 Å². The van der Waals surface area contributed by atoms with Crippen LogP contribution in [0.3, 0.4) is 0 Å². The fraction of sp³-hybridized carbons (Fsp3) is 0.381. The van der Waals surface area contributed by atoms with Gasteiger partial charge in [-0.3, -0.25) is 14.4 Å². The van der Waals surface area contributed by atoms with Gasteiger partial charge in [0.05, 0.1) is 17.4 Å². The lowest BCUT2D eigenvalue weighted by molar-refractivity contribution is -0.148. The number of rotatable bonds is 5. The number of carbonyl (C=O) groups is 3. The average molecular weight is 416 g/mol. The molecule has 1 aromatic heterocycles. The molecule has 152 valence electrons. The molecule has 6 nitrogen and oxygen atoms in total. The summed E-state index contributed by atoms with van der Waals surface area (Å²) in [4.78, 5) is 37.7. The van der Waals surface area contributed by atoms with E-state index < -0.39 is 29.5 Å². The van der Waals surface area contributed by atoms with E-state index in [0.717, 1.165) is 24.1 Å². The minimum atomic E-state index is -0.943. The van der Waals surface area contributed by atoms with Crippen molar-refractivity contribution in [2.24, 2.45) is 29.4 Å². The molecule has 2 aliphatic carbocycles. The first-order valence-corrected chi connectivity index (χ1v) is 10.3. The topological polar surface area (TPSA) is 109 Å². The second kappa shape index (κ2) is 7.26. The van der Waals surface area contributed by atoms with E-state index in [2.05, 4.69) is 5.32 Å². The van der Waals surface area contributed by atoms with Crippen molar-refractivity contribution in [1.29, 1.82) is 0 Å². The highest BCUT2D eigenvalue weighted by molar-refractivity contribution is 7.17. The first-order chi connectivity index (χ1) is 13.8. The van der Waals surface area contributed by atoms with E-state index in [4.69, 9.17) is 5.73 Å². The van der Waals surface area contributed by atoms with Crippen LogP contribution in [0.1, 0.15) is 34.5 Å². The van der Waals surface area contributed by atoms with Gasteiger partial charge in [-0.15, -0.1) is 11.3 Å². The van der Waals surface area contributed by atoms with Gasteiger partial charge in [0.1, 0.15) is 10.8 Å². The molecule has 2 amide bonds. The molecule has 1 heterocycles. The molecule has 2 aromatic rings. The third-order valence-corrected chi connectivity index (χ3v) is 7.23. The molecule has 0 spiro atoms. The summed E-state index contributed by atoms with van der Waals surface area (Å²) in [5, 5.41) is 12.7. The molecule has 8 heteroatoms. The van der Waals surface area contributed by atoms with Crippen molar-refractivity contribution >= 4 is 34.1 Å². The zero-order chi connectivity index (χ0) is 20.9. The lowest BCUT2D eigenvalue weighted by atomic mass is 9.78. The SMILES string of the molecule is Cc1sc(NC(=O)[C@H]2[C@@H]3CC[C@@H](C3)[C@@H]2C(=O)O)c(C(N)=O)c1-c1ccc(F)cc1. The van der Waals surface area contributed by atoms with Crippen molar-refractivity contribution in [3.8, 4) is 11.1 Å². The second-order valence-corrected chi connectivity index (χ2v) is 9.05. The fourth-order valence-electron chi connectivity index (χ4n) is 5.05. The number of aryl methyl sites for hydroxylation is 1. The number of anilines is 1. The van der Waals surface area contributed by atoms with Crippen molar-refractivity contribution in [3.63, 3.8) is 0 Å². The predicted octanol–water partition coefficient (Wildman–Crippen LogP) is 3.65. The molecule has 4 N–H and O–H groups in total. The quantitative estimate of drug-likeness (QED) is 0.691. The second-order valence-electron chi connectivity index (χ2n) is 7.82. The predicted molar refractivity (Wildman–Crippen MR) is 107 cm³/mol. The van der Waals surface area contributed by atoms with E-state index >= 15 is 0 Å². The Balaban J connectivity index is 1.68. The molecule has 4 rings (SSSR count). The molecule has 4 atom stereocenters. The minimum Gasteiger partial charge on any atom is -0.481 e. The molecular formula is C21H21FN2O4S. The number of nitrogens with one attached hydrogen (secondary N) is 1. The normalized spacial score (nSPS) is 25.2. The summed E-state index contributed by atoms with van der Waals surface area (Å²) in [6.07, 6.45) is 2.44. The number of nitrogens with two attached hydrogens (primary N) is 1. The third kappa shape index (κ3) is 3.31. The molecular weight excluding hydrogens is 395 g/mol. The molecule has 2 saturated carbocycles. The Kier molecular flexibility index (Phi) is 4.90. The first-order valence-electron chi connectivity index (χ1n) is 9.50. The molecule has 1 aromatic carbocycles. The Bertz CT molecular complexity index is 1000. The third-order valence-electron chi connectivity index (χ3n) is 6.20. The van der Waals surface area contributed by atoms with Crippen molar-refractivity contribution in [2.45, 2.75) is 26.2 Å². The Morgan fingerprint density at radius 3 is 2.34 bits per heavy atom. The molecule has 2 aliphatic rings. The van der Waals surface area contributed by atoms with Gasteiger partial charge in [0, 0.05) is 10.4 Å². The summed E-state index contributed by atoms with van der Waals surface area (Å²) >= 11 is 1.21. The van der Waals surface area contributed by atoms with E-state index in [1.54, 1.807) is 19.1 Å². The number of amides is 2. The Morgan fingerprint density at radius 2 is 1.76 bits per heavy atom. The van der Waals surface area contributed by atoms with Gasteiger partial charge in [-0.1, -0.05) is 12.1 Å². The number of hydrogen-bond acceptors (Lipinski definition) is 4. The van der Waals surface area contributed by atoms with E-state index in [9.17, 15) is 23.9 Å². The molecule has 29 heavy (non-hydrogen) atoms. The summed E-state index contributed by atoms with van der Waals surface area (Å²) in [7, 11) is 0. The molecule has 0 radical (unpaired) electrons. The monoisotopic (exact) mass is 416 g/mol. The largest absolute Gasteiger partial charge is 0.481 e. The van der Waals surface area contributed by atoms with Crippen molar-refractivity contribution in [3.05, 3.63) is 40.5 Å². The van der Waals surface area contributed by atoms with Gasteiger partial charge < -0.3 is 16.2 Å². The van der Waals surface area contributed by atoms with Crippen molar-refractivity contribution in [2.75, 3.05) is 5.32 Å². The summed E-state index contributed by atoms with van der Waals surface area (Å²) in [5.74, 6) is -3.63. The summed E-state index contributed by atoms with van der Waals surface area (Å²) in [6.45, 7) is 1.79. The van der Waals surface area contributed by atoms with Crippen LogP contribution < -0.4 is 11.1 Å². The van der Waals surface area contributed by atoms with E-state index in [1.807, 2.05) is 0 Å². The summed E-state index contributed by atoms with van der Waals surface area (Å²) in [5.41, 5.74) is 6.96. The summed E-state index contributed by atoms with van der Waals surface area (Å²) < 4.78 is 13.3. The van der Waals surface area contributed by atoms with Crippen LogP contribution in [0.5, 0.6) is 0 Å². The number of thiophene rings is 1. The Morgan fingerprint density at radius 1 is 1.14 bits per heavy atom. The smallest absolute Gasteiger partial charge is 0.307 e. The standard InChI is InChI=1S/C21H21FN2O4S/c1-9-14(10-4-6-13(22)7-5-10)17(18(23)25)20(29-9)24-19(26)15-11-2-3-12(8-11)16(15)21(27)28/h4-7,11-12,15-16H,2-3,8H2,1H3,(H2,23,25)(H,24,26)(H,27,28)/t11-,12+,15+,16+/m1/s1.